The average molecular weight is 465 g/mol. The van der Waals surface area contributed by atoms with E-state index >= 15 is 0 Å². The van der Waals surface area contributed by atoms with Crippen LogP contribution in [0.15, 0.2) is 24.3 Å². The predicted octanol–water partition coefficient (Wildman–Crippen LogP) is 5.15. The maximum absolute atomic E-state index is 12.4. The third-order valence-electron chi connectivity index (χ3n) is 5.75. The van der Waals surface area contributed by atoms with Gasteiger partial charge in [0, 0.05) is 12.3 Å². The Bertz CT molecular complexity index is 700. The molecule has 2 N–H and O–H groups in total. The van der Waals surface area contributed by atoms with E-state index in [0.717, 1.165) is 17.1 Å². The van der Waals surface area contributed by atoms with Crippen LogP contribution < -0.4 is 15.4 Å². The Labute approximate surface area is 197 Å². The van der Waals surface area contributed by atoms with Crippen molar-refractivity contribution in [2.24, 2.45) is 11.8 Å². The van der Waals surface area contributed by atoms with E-state index in [9.17, 15) is 9.59 Å². The molecule has 2 fully saturated rings. The number of carbonyl (C=O) groups excluding carboxylic acids is 2. The van der Waals surface area contributed by atoms with Crippen molar-refractivity contribution in [3.8, 4) is 5.75 Å². The van der Waals surface area contributed by atoms with Crippen molar-refractivity contribution < 1.29 is 19.1 Å². The third kappa shape index (κ3) is 9.72. The molecule has 2 aliphatic rings. The van der Waals surface area contributed by atoms with E-state index in [1.165, 1.54) is 11.8 Å². The Kier molecular flexibility index (Phi) is 10.7. The summed E-state index contributed by atoms with van der Waals surface area (Å²) in [6.45, 7) is 7.74. The van der Waals surface area contributed by atoms with Crippen molar-refractivity contribution in [3.63, 3.8) is 0 Å². The molecule has 32 heavy (non-hydrogen) atoms. The molecule has 1 aromatic carbocycles. The van der Waals surface area contributed by atoms with Gasteiger partial charge in [0.25, 0.3) is 0 Å². The number of alkyl carbamates (subject to hydrolysis) is 1. The lowest BCUT2D eigenvalue weighted by Crippen LogP contribution is -2.49. The molecule has 0 aliphatic heterocycles. The number of benzene rings is 1. The number of thioether (sulfide) groups is 1. The summed E-state index contributed by atoms with van der Waals surface area (Å²) in [5, 5.41) is 5.50. The average Bonchev–Trinajstić information content (AvgIpc) is 3.40. The predicted molar refractivity (Wildman–Crippen MR) is 131 cm³/mol. The minimum Gasteiger partial charge on any atom is -0.497 e. The highest BCUT2D eigenvalue weighted by Gasteiger charge is 2.30. The number of fused-ring (bicyclic) bond motifs is 2. The minimum atomic E-state index is -0.641. The number of nitrogens with one attached hydrogen (secondary N) is 2. The van der Waals surface area contributed by atoms with Crippen LogP contribution in [0.3, 0.4) is 0 Å². The molecule has 180 valence electrons. The Morgan fingerprint density at radius 2 is 1.69 bits per heavy atom. The molecule has 2 bridgehead atoms. The quantitative estimate of drug-likeness (QED) is 0.556. The highest BCUT2D eigenvalue weighted by molar-refractivity contribution is 7.99. The molecule has 1 atom stereocenters. The second-order valence-electron chi connectivity index (χ2n) is 9.55. The third-order valence-corrected chi connectivity index (χ3v) is 6.73. The number of methoxy groups -OCH3 is 1. The summed E-state index contributed by atoms with van der Waals surface area (Å²) in [4.78, 5) is 24.4. The lowest BCUT2D eigenvalue weighted by molar-refractivity contribution is -0.122. The first kappa shape index (κ1) is 26.4. The first-order valence-corrected chi connectivity index (χ1v) is 12.8. The van der Waals surface area contributed by atoms with Gasteiger partial charge in [-0.05, 0) is 62.5 Å². The van der Waals surface area contributed by atoms with Gasteiger partial charge >= 0.3 is 6.09 Å². The summed E-state index contributed by atoms with van der Waals surface area (Å²) in [6.07, 6.45) is 7.24. The SMILES string of the molecule is C1CC2CCC1C2.CCSC[C@H](NC(=O)OC(C)(C)C)C(=O)NCc1ccc(OC)cc1. The molecule has 0 unspecified atom stereocenters. The molecular weight excluding hydrogens is 424 g/mol. The van der Waals surface area contributed by atoms with Crippen molar-refractivity contribution in [2.45, 2.75) is 78.0 Å². The van der Waals surface area contributed by atoms with E-state index in [4.69, 9.17) is 9.47 Å². The second-order valence-corrected chi connectivity index (χ2v) is 10.9. The summed E-state index contributed by atoms with van der Waals surface area (Å²) in [5.74, 6) is 4.22. The minimum absolute atomic E-state index is 0.234. The van der Waals surface area contributed by atoms with Gasteiger partial charge in [0.15, 0.2) is 0 Å². The zero-order valence-electron chi connectivity index (χ0n) is 20.2. The molecule has 2 amide bonds. The molecule has 0 heterocycles. The normalized spacial score (nSPS) is 20.0. The fraction of sp³-hybridized carbons (Fsp3) is 0.680. The van der Waals surface area contributed by atoms with E-state index in [-0.39, 0.29) is 5.91 Å². The van der Waals surface area contributed by atoms with Crippen LogP contribution in [0.4, 0.5) is 4.79 Å². The van der Waals surface area contributed by atoms with Crippen LogP contribution in [0.5, 0.6) is 5.75 Å². The Morgan fingerprint density at radius 3 is 2.12 bits per heavy atom. The van der Waals surface area contributed by atoms with E-state index < -0.39 is 17.7 Å². The maximum Gasteiger partial charge on any atom is 0.408 e. The number of rotatable bonds is 8. The molecule has 0 radical (unpaired) electrons. The highest BCUT2D eigenvalue weighted by atomic mass is 32.2. The Morgan fingerprint density at radius 1 is 1.09 bits per heavy atom. The summed E-state index contributed by atoms with van der Waals surface area (Å²) in [7, 11) is 1.61. The first-order chi connectivity index (χ1) is 15.2. The van der Waals surface area contributed by atoms with Gasteiger partial charge in [-0.3, -0.25) is 4.79 Å². The van der Waals surface area contributed by atoms with Gasteiger partial charge in [-0.25, -0.2) is 4.79 Å². The van der Waals surface area contributed by atoms with Crippen molar-refractivity contribution in [2.75, 3.05) is 18.6 Å². The van der Waals surface area contributed by atoms with Crippen LogP contribution in [-0.2, 0) is 16.1 Å². The smallest absolute Gasteiger partial charge is 0.408 e. The molecule has 6 nitrogen and oxygen atoms in total. The Hall–Kier alpha value is -1.89. The van der Waals surface area contributed by atoms with Crippen molar-refractivity contribution in [3.05, 3.63) is 29.8 Å². The summed E-state index contributed by atoms with van der Waals surface area (Å²) in [5.41, 5.74) is 0.347. The van der Waals surface area contributed by atoms with Crippen LogP contribution in [0.25, 0.3) is 0 Å². The van der Waals surface area contributed by atoms with Crippen LogP contribution in [-0.4, -0.2) is 42.3 Å². The molecule has 7 heteroatoms. The van der Waals surface area contributed by atoms with E-state index in [2.05, 4.69) is 10.6 Å². The van der Waals surface area contributed by atoms with Gasteiger partial charge in [-0.2, -0.15) is 11.8 Å². The topological polar surface area (TPSA) is 76.7 Å². The summed E-state index contributed by atoms with van der Waals surface area (Å²) >= 11 is 1.58. The molecule has 2 saturated carbocycles. The number of hydrogen-bond acceptors (Lipinski definition) is 5. The van der Waals surface area contributed by atoms with Crippen molar-refractivity contribution in [1.29, 1.82) is 0 Å². The number of ether oxygens (including phenoxy) is 2. The summed E-state index contributed by atoms with van der Waals surface area (Å²) < 4.78 is 10.3. The monoisotopic (exact) mass is 464 g/mol. The molecule has 0 spiro atoms. The largest absolute Gasteiger partial charge is 0.497 e. The molecule has 2 aliphatic carbocycles. The fourth-order valence-electron chi connectivity index (χ4n) is 4.10. The van der Waals surface area contributed by atoms with Gasteiger partial charge in [-0.1, -0.05) is 44.7 Å². The highest BCUT2D eigenvalue weighted by Crippen LogP contribution is 2.43. The van der Waals surface area contributed by atoms with E-state index in [1.54, 1.807) is 71.7 Å². The number of amides is 2. The van der Waals surface area contributed by atoms with Gasteiger partial charge < -0.3 is 20.1 Å². The zero-order chi connectivity index (χ0) is 23.6. The molecule has 3 rings (SSSR count). The number of hydrogen-bond donors (Lipinski definition) is 2. The van der Waals surface area contributed by atoms with Crippen LogP contribution in [0.2, 0.25) is 0 Å². The fourth-order valence-corrected chi connectivity index (χ4v) is 4.80. The molecular formula is C25H40N2O4S. The second kappa shape index (κ2) is 13.0. The van der Waals surface area contributed by atoms with Gasteiger partial charge in [-0.15, -0.1) is 0 Å². The van der Waals surface area contributed by atoms with Crippen LogP contribution >= 0.6 is 11.8 Å². The van der Waals surface area contributed by atoms with Crippen molar-refractivity contribution >= 4 is 23.8 Å². The molecule has 0 saturated heterocycles. The van der Waals surface area contributed by atoms with Crippen LogP contribution in [0, 0.1) is 11.8 Å². The molecule has 1 aromatic rings. The lowest BCUT2D eigenvalue weighted by atomic mass is 10.0. The van der Waals surface area contributed by atoms with Gasteiger partial charge in [0.05, 0.1) is 7.11 Å². The van der Waals surface area contributed by atoms with E-state index in [1.807, 2.05) is 31.2 Å². The first-order valence-electron chi connectivity index (χ1n) is 11.7. The van der Waals surface area contributed by atoms with Crippen LogP contribution in [0.1, 0.15) is 65.4 Å². The van der Waals surface area contributed by atoms with Gasteiger partial charge in [0.2, 0.25) is 5.91 Å². The zero-order valence-corrected chi connectivity index (χ0v) is 21.1. The number of carbonyl (C=O) groups is 2. The standard InChI is InChI=1S/C18H28N2O4S.C7H12/c1-6-25-12-15(20-17(22)24-18(2,3)4)16(21)19-11-13-7-9-14(23-5)10-8-13;1-2-7-4-3-6(1)5-7/h7-10,15H,6,11-12H2,1-5H3,(H,19,21)(H,20,22);6-7H,1-5H2/t15-;/m0./s1. The van der Waals surface area contributed by atoms with Crippen molar-refractivity contribution in [1.82, 2.24) is 10.6 Å². The maximum atomic E-state index is 12.4. The van der Waals surface area contributed by atoms with Gasteiger partial charge in [0.1, 0.15) is 17.4 Å². The summed E-state index contributed by atoms with van der Waals surface area (Å²) in [6, 6.07) is 6.81. The Balaban J connectivity index is 0.000000428. The molecule has 0 aromatic heterocycles. The lowest BCUT2D eigenvalue weighted by Gasteiger charge is -2.23. The van der Waals surface area contributed by atoms with E-state index in [0.29, 0.717) is 12.3 Å².